The highest BCUT2D eigenvalue weighted by Crippen LogP contribution is 2.32. The molecule has 0 saturated carbocycles. The Hall–Kier alpha value is -3.07. The Bertz CT molecular complexity index is 993. The molecule has 0 unspecified atom stereocenters. The zero-order valence-electron chi connectivity index (χ0n) is 13.4. The number of esters is 1. The van der Waals surface area contributed by atoms with Gasteiger partial charge in [0.15, 0.2) is 0 Å². The molecular weight excluding hydrogens is 298 g/mol. The number of benzene rings is 3. The molecule has 0 aliphatic carbocycles. The molecule has 3 heteroatoms. The Kier molecular flexibility index (Phi) is 3.54. The van der Waals surface area contributed by atoms with Gasteiger partial charge in [0, 0.05) is 16.5 Å². The van der Waals surface area contributed by atoms with E-state index in [4.69, 9.17) is 4.74 Å². The zero-order chi connectivity index (χ0) is 16.5. The van der Waals surface area contributed by atoms with Crippen LogP contribution in [0.15, 0.2) is 72.8 Å². The minimum Gasteiger partial charge on any atom is -0.469 e. The summed E-state index contributed by atoms with van der Waals surface area (Å²) in [5.41, 5.74) is 4.24. The lowest BCUT2D eigenvalue weighted by Gasteiger charge is -2.12. The van der Waals surface area contributed by atoms with Gasteiger partial charge in [0.1, 0.15) is 0 Å². The SMILES string of the molecule is COC(=O)Cc1ccccc1-n1c2ccccc2c2ccccc21. The number of aromatic nitrogens is 1. The van der Waals surface area contributed by atoms with E-state index in [0.29, 0.717) is 0 Å². The average Bonchev–Trinajstić information content (AvgIpc) is 2.97. The Labute approximate surface area is 140 Å². The summed E-state index contributed by atoms with van der Waals surface area (Å²) in [5.74, 6) is -0.233. The predicted molar refractivity (Wildman–Crippen MR) is 96.5 cm³/mol. The third-order valence-electron chi connectivity index (χ3n) is 4.38. The second-order valence-corrected chi connectivity index (χ2v) is 5.75. The average molecular weight is 315 g/mol. The van der Waals surface area contributed by atoms with Crippen LogP contribution in [0.3, 0.4) is 0 Å². The number of fused-ring (bicyclic) bond motifs is 3. The fourth-order valence-electron chi connectivity index (χ4n) is 3.29. The topological polar surface area (TPSA) is 31.2 Å². The van der Waals surface area contributed by atoms with Crippen LogP contribution in [0, 0.1) is 0 Å². The number of ether oxygens (including phenoxy) is 1. The molecule has 0 fully saturated rings. The van der Waals surface area contributed by atoms with E-state index >= 15 is 0 Å². The third kappa shape index (κ3) is 2.26. The second kappa shape index (κ2) is 5.85. The zero-order valence-corrected chi connectivity index (χ0v) is 13.4. The summed E-state index contributed by atoms with van der Waals surface area (Å²) in [6, 6.07) is 24.7. The summed E-state index contributed by atoms with van der Waals surface area (Å²) >= 11 is 0. The molecule has 3 nitrogen and oxygen atoms in total. The first kappa shape index (κ1) is 14.5. The minimum absolute atomic E-state index is 0.233. The van der Waals surface area contributed by atoms with E-state index in [2.05, 4.69) is 47.0 Å². The van der Waals surface area contributed by atoms with Crippen LogP contribution < -0.4 is 0 Å². The number of para-hydroxylation sites is 3. The van der Waals surface area contributed by atoms with Crippen LogP contribution in [0.2, 0.25) is 0 Å². The number of methoxy groups -OCH3 is 1. The van der Waals surface area contributed by atoms with E-state index in [9.17, 15) is 4.79 Å². The molecule has 1 aromatic heterocycles. The largest absolute Gasteiger partial charge is 0.469 e. The number of rotatable bonds is 3. The smallest absolute Gasteiger partial charge is 0.310 e. The Morgan fingerprint density at radius 3 is 2.00 bits per heavy atom. The molecule has 4 rings (SSSR count). The number of nitrogens with zero attached hydrogens (tertiary/aromatic N) is 1. The molecule has 0 aliphatic heterocycles. The van der Waals surface area contributed by atoms with Crippen molar-refractivity contribution in [2.24, 2.45) is 0 Å². The number of hydrogen-bond acceptors (Lipinski definition) is 2. The van der Waals surface area contributed by atoms with Crippen molar-refractivity contribution in [1.29, 1.82) is 0 Å². The van der Waals surface area contributed by atoms with Gasteiger partial charge in [-0.15, -0.1) is 0 Å². The molecule has 0 radical (unpaired) electrons. The van der Waals surface area contributed by atoms with E-state index in [-0.39, 0.29) is 12.4 Å². The van der Waals surface area contributed by atoms with E-state index in [1.807, 2.05) is 30.3 Å². The van der Waals surface area contributed by atoms with Crippen molar-refractivity contribution < 1.29 is 9.53 Å². The van der Waals surface area contributed by atoms with Crippen LogP contribution >= 0.6 is 0 Å². The predicted octanol–water partition coefficient (Wildman–Crippen LogP) is 4.50. The lowest BCUT2D eigenvalue weighted by atomic mass is 10.1. The summed E-state index contributed by atoms with van der Waals surface area (Å²) in [7, 11) is 1.42. The van der Waals surface area contributed by atoms with E-state index < -0.39 is 0 Å². The molecule has 3 aromatic carbocycles. The summed E-state index contributed by atoms with van der Waals surface area (Å²) in [4.78, 5) is 11.8. The number of hydrogen-bond donors (Lipinski definition) is 0. The Balaban J connectivity index is 2.05. The maximum Gasteiger partial charge on any atom is 0.310 e. The lowest BCUT2D eigenvalue weighted by molar-refractivity contribution is -0.139. The van der Waals surface area contributed by atoms with E-state index in [0.717, 1.165) is 22.3 Å². The standard InChI is InChI=1S/C21H17NO2/c1-24-21(23)14-15-8-2-5-11-18(15)22-19-12-6-3-9-16(19)17-10-4-7-13-20(17)22/h2-13H,14H2,1H3. The summed E-state index contributed by atoms with van der Waals surface area (Å²) < 4.78 is 7.08. The highest BCUT2D eigenvalue weighted by atomic mass is 16.5. The summed E-state index contributed by atoms with van der Waals surface area (Å²) in [5, 5.41) is 2.42. The maximum atomic E-state index is 11.8. The quantitative estimate of drug-likeness (QED) is 0.521. The molecule has 0 aliphatic rings. The van der Waals surface area contributed by atoms with Gasteiger partial charge in [-0.1, -0.05) is 54.6 Å². The first-order valence-corrected chi connectivity index (χ1v) is 7.93. The molecule has 0 saturated heterocycles. The van der Waals surface area contributed by atoms with Gasteiger partial charge in [-0.05, 0) is 23.8 Å². The Morgan fingerprint density at radius 2 is 1.38 bits per heavy atom. The molecule has 1 heterocycles. The van der Waals surface area contributed by atoms with Gasteiger partial charge in [0.2, 0.25) is 0 Å². The molecule has 0 atom stereocenters. The molecule has 0 N–H and O–H groups in total. The van der Waals surface area contributed by atoms with E-state index in [1.54, 1.807) is 0 Å². The van der Waals surface area contributed by atoms with Crippen LogP contribution in [-0.2, 0) is 16.0 Å². The normalized spacial score (nSPS) is 11.0. The van der Waals surface area contributed by atoms with Gasteiger partial charge in [-0.25, -0.2) is 0 Å². The van der Waals surface area contributed by atoms with Crippen molar-refractivity contribution >= 4 is 27.8 Å². The van der Waals surface area contributed by atoms with E-state index in [1.165, 1.54) is 17.9 Å². The highest BCUT2D eigenvalue weighted by molar-refractivity contribution is 6.09. The lowest BCUT2D eigenvalue weighted by Crippen LogP contribution is -2.08. The van der Waals surface area contributed by atoms with Crippen LogP contribution in [0.4, 0.5) is 0 Å². The molecule has 118 valence electrons. The van der Waals surface area contributed by atoms with Crippen molar-refractivity contribution in [3.63, 3.8) is 0 Å². The molecule has 0 bridgehead atoms. The highest BCUT2D eigenvalue weighted by Gasteiger charge is 2.15. The summed E-state index contributed by atoms with van der Waals surface area (Å²) in [6.45, 7) is 0. The Morgan fingerprint density at radius 1 is 0.833 bits per heavy atom. The number of carbonyl (C=O) groups is 1. The number of carbonyl (C=O) groups excluding carboxylic acids is 1. The first-order chi connectivity index (χ1) is 11.8. The molecule has 4 aromatic rings. The van der Waals surface area contributed by atoms with Gasteiger partial charge in [0.05, 0.1) is 24.6 Å². The van der Waals surface area contributed by atoms with Crippen LogP contribution in [0.5, 0.6) is 0 Å². The second-order valence-electron chi connectivity index (χ2n) is 5.75. The molecular formula is C21H17NO2. The van der Waals surface area contributed by atoms with Crippen molar-refractivity contribution in [1.82, 2.24) is 4.57 Å². The summed E-state index contributed by atoms with van der Waals surface area (Å²) in [6.07, 6.45) is 0.257. The third-order valence-corrected chi connectivity index (χ3v) is 4.38. The molecule has 0 spiro atoms. The molecule has 24 heavy (non-hydrogen) atoms. The molecule has 0 amide bonds. The van der Waals surface area contributed by atoms with Crippen molar-refractivity contribution in [2.45, 2.75) is 6.42 Å². The van der Waals surface area contributed by atoms with Crippen LogP contribution in [-0.4, -0.2) is 17.6 Å². The van der Waals surface area contributed by atoms with Gasteiger partial charge < -0.3 is 9.30 Å². The minimum atomic E-state index is -0.233. The van der Waals surface area contributed by atoms with Crippen LogP contribution in [0.1, 0.15) is 5.56 Å². The van der Waals surface area contributed by atoms with Crippen molar-refractivity contribution in [3.05, 3.63) is 78.4 Å². The maximum absolute atomic E-state index is 11.8. The van der Waals surface area contributed by atoms with Gasteiger partial charge >= 0.3 is 5.97 Å². The fourth-order valence-corrected chi connectivity index (χ4v) is 3.29. The van der Waals surface area contributed by atoms with Crippen LogP contribution in [0.25, 0.3) is 27.5 Å². The van der Waals surface area contributed by atoms with Gasteiger partial charge in [-0.3, -0.25) is 4.79 Å². The monoisotopic (exact) mass is 315 g/mol. The van der Waals surface area contributed by atoms with Crippen molar-refractivity contribution in [2.75, 3.05) is 7.11 Å². The van der Waals surface area contributed by atoms with Crippen molar-refractivity contribution in [3.8, 4) is 5.69 Å². The fraction of sp³-hybridized carbons (Fsp3) is 0.0952. The van der Waals surface area contributed by atoms with Gasteiger partial charge in [0.25, 0.3) is 0 Å². The first-order valence-electron chi connectivity index (χ1n) is 7.93. The van der Waals surface area contributed by atoms with Gasteiger partial charge in [-0.2, -0.15) is 0 Å².